The topological polar surface area (TPSA) is 69.4 Å². The van der Waals surface area contributed by atoms with Gasteiger partial charge in [-0.3, -0.25) is 4.79 Å². The van der Waals surface area contributed by atoms with Crippen LogP contribution in [0.2, 0.25) is 0 Å². The van der Waals surface area contributed by atoms with Crippen molar-refractivity contribution in [2.24, 2.45) is 0 Å². The number of carbonyl (C=O) groups excluding carboxylic acids is 1. The summed E-state index contributed by atoms with van der Waals surface area (Å²) >= 11 is 0. The van der Waals surface area contributed by atoms with Crippen LogP contribution in [0.4, 0.5) is 0 Å². The molecule has 5 nitrogen and oxygen atoms in total. The Hall–Kier alpha value is -2.95. The van der Waals surface area contributed by atoms with Crippen LogP contribution in [-0.2, 0) is 4.79 Å². The molecule has 3 rings (SSSR count). The number of aromatic nitrogens is 1. The third kappa shape index (κ3) is 2.80. The zero-order valence-corrected chi connectivity index (χ0v) is 14.0. The third-order valence-electron chi connectivity index (χ3n) is 3.87. The second kappa shape index (κ2) is 5.92. The van der Waals surface area contributed by atoms with Crippen LogP contribution in [0, 0.1) is 20.8 Å². The minimum Gasteiger partial charge on any atom is -0.426 e. The summed E-state index contributed by atoms with van der Waals surface area (Å²) in [6.45, 7) is 6.94. The number of carbonyl (C=O) groups is 1. The highest BCUT2D eigenvalue weighted by Crippen LogP contribution is 2.30. The summed E-state index contributed by atoms with van der Waals surface area (Å²) in [4.78, 5) is 27.9. The first-order valence-electron chi connectivity index (χ1n) is 7.57. The molecule has 0 aliphatic heterocycles. The van der Waals surface area contributed by atoms with Crippen LogP contribution >= 0.6 is 0 Å². The van der Waals surface area contributed by atoms with Gasteiger partial charge in [0, 0.05) is 12.5 Å². The molecule has 0 aliphatic rings. The van der Waals surface area contributed by atoms with Gasteiger partial charge in [-0.1, -0.05) is 12.1 Å². The standard InChI is InChI=1S/C19H17NO4/c1-10-6-5-7-14-17(10)20-18(24-19(14)22)15-8-12(3)16(9-11(15)2)23-13(4)21/h5-9H,1-4H3. The van der Waals surface area contributed by atoms with Gasteiger partial charge < -0.3 is 9.15 Å². The Balaban J connectivity index is 2.21. The Morgan fingerprint density at radius 2 is 1.83 bits per heavy atom. The van der Waals surface area contributed by atoms with Crippen LogP contribution in [0.1, 0.15) is 23.6 Å². The molecule has 3 aromatic rings. The van der Waals surface area contributed by atoms with Crippen molar-refractivity contribution in [3.63, 3.8) is 0 Å². The van der Waals surface area contributed by atoms with Crippen molar-refractivity contribution >= 4 is 16.9 Å². The molecule has 0 saturated heterocycles. The minimum absolute atomic E-state index is 0.261. The molecule has 1 aromatic heterocycles. The predicted octanol–water partition coefficient (Wildman–Crippen LogP) is 3.71. The SMILES string of the molecule is CC(=O)Oc1cc(C)c(-c2nc3c(C)cccc3c(=O)o2)cc1C. The van der Waals surface area contributed by atoms with E-state index in [1.807, 2.05) is 32.9 Å². The number of fused-ring (bicyclic) bond motifs is 1. The van der Waals surface area contributed by atoms with E-state index in [0.29, 0.717) is 22.2 Å². The van der Waals surface area contributed by atoms with Crippen molar-refractivity contribution in [2.45, 2.75) is 27.7 Å². The number of esters is 1. The number of nitrogens with zero attached hydrogens (tertiary/aromatic N) is 1. The fraction of sp³-hybridized carbons (Fsp3) is 0.211. The molecule has 0 saturated carbocycles. The molecular weight excluding hydrogens is 306 g/mol. The summed E-state index contributed by atoms with van der Waals surface area (Å²) in [6, 6.07) is 8.96. The van der Waals surface area contributed by atoms with Crippen LogP contribution in [-0.4, -0.2) is 11.0 Å². The Bertz CT molecular complexity index is 1020. The second-order valence-corrected chi connectivity index (χ2v) is 5.80. The maximum atomic E-state index is 12.3. The van der Waals surface area contributed by atoms with Gasteiger partial charge in [-0.05, 0) is 55.7 Å². The highest BCUT2D eigenvalue weighted by molar-refractivity contribution is 5.82. The van der Waals surface area contributed by atoms with Gasteiger partial charge in [0.25, 0.3) is 0 Å². The van der Waals surface area contributed by atoms with E-state index in [1.54, 1.807) is 18.2 Å². The molecule has 0 fully saturated rings. The van der Waals surface area contributed by atoms with Crippen LogP contribution in [0.25, 0.3) is 22.4 Å². The molecule has 122 valence electrons. The Kier molecular flexibility index (Phi) is 3.93. The van der Waals surface area contributed by atoms with Gasteiger partial charge in [-0.15, -0.1) is 0 Å². The first-order chi connectivity index (χ1) is 11.4. The van der Waals surface area contributed by atoms with Gasteiger partial charge in [0.1, 0.15) is 5.75 Å². The second-order valence-electron chi connectivity index (χ2n) is 5.80. The van der Waals surface area contributed by atoms with Crippen molar-refractivity contribution in [1.82, 2.24) is 4.98 Å². The summed E-state index contributed by atoms with van der Waals surface area (Å²) in [5.41, 5.74) is 3.39. The Morgan fingerprint density at radius 3 is 2.54 bits per heavy atom. The van der Waals surface area contributed by atoms with Gasteiger partial charge in [0.15, 0.2) is 0 Å². The number of hydrogen-bond donors (Lipinski definition) is 0. The van der Waals surface area contributed by atoms with E-state index in [0.717, 1.165) is 16.7 Å². The molecule has 0 amide bonds. The predicted molar refractivity (Wildman–Crippen MR) is 91.2 cm³/mol. The number of rotatable bonds is 2. The molecule has 0 unspecified atom stereocenters. The van der Waals surface area contributed by atoms with Crippen molar-refractivity contribution in [3.8, 4) is 17.2 Å². The number of benzene rings is 2. The van der Waals surface area contributed by atoms with E-state index in [4.69, 9.17) is 9.15 Å². The minimum atomic E-state index is -0.417. The van der Waals surface area contributed by atoms with Gasteiger partial charge in [-0.25, -0.2) is 9.78 Å². The number of hydrogen-bond acceptors (Lipinski definition) is 5. The van der Waals surface area contributed by atoms with Crippen LogP contribution in [0.15, 0.2) is 39.5 Å². The van der Waals surface area contributed by atoms with E-state index in [2.05, 4.69) is 4.98 Å². The zero-order chi connectivity index (χ0) is 17.4. The number of aryl methyl sites for hydroxylation is 3. The van der Waals surface area contributed by atoms with Crippen LogP contribution in [0.5, 0.6) is 5.75 Å². The maximum Gasteiger partial charge on any atom is 0.347 e. The lowest BCUT2D eigenvalue weighted by Crippen LogP contribution is -2.06. The smallest absolute Gasteiger partial charge is 0.347 e. The summed E-state index contributed by atoms with van der Waals surface area (Å²) in [5, 5.41) is 0.463. The maximum absolute atomic E-state index is 12.3. The fourth-order valence-corrected chi connectivity index (χ4v) is 2.64. The summed E-state index contributed by atoms with van der Waals surface area (Å²) in [5.74, 6) is 0.371. The molecule has 0 atom stereocenters. The average molecular weight is 323 g/mol. The lowest BCUT2D eigenvalue weighted by atomic mass is 10.0. The van der Waals surface area contributed by atoms with Gasteiger partial charge in [0.05, 0.1) is 10.9 Å². The molecule has 5 heteroatoms. The molecule has 2 aromatic carbocycles. The Morgan fingerprint density at radius 1 is 1.08 bits per heavy atom. The highest BCUT2D eigenvalue weighted by Gasteiger charge is 2.15. The van der Waals surface area contributed by atoms with Crippen LogP contribution in [0.3, 0.4) is 0 Å². The van der Waals surface area contributed by atoms with Crippen molar-refractivity contribution < 1.29 is 13.9 Å². The first kappa shape index (κ1) is 15.9. The molecule has 1 heterocycles. The van der Waals surface area contributed by atoms with Gasteiger partial charge in [-0.2, -0.15) is 0 Å². The van der Waals surface area contributed by atoms with Gasteiger partial charge >= 0.3 is 11.6 Å². The van der Waals surface area contributed by atoms with Crippen molar-refractivity contribution in [2.75, 3.05) is 0 Å². The molecule has 0 aliphatic carbocycles. The lowest BCUT2D eigenvalue weighted by molar-refractivity contribution is -0.131. The number of para-hydroxylation sites is 1. The van der Waals surface area contributed by atoms with E-state index in [1.165, 1.54) is 6.92 Å². The van der Waals surface area contributed by atoms with Gasteiger partial charge in [0.2, 0.25) is 5.89 Å². The van der Waals surface area contributed by atoms with Crippen LogP contribution < -0.4 is 10.4 Å². The summed E-state index contributed by atoms with van der Waals surface area (Å²) < 4.78 is 10.6. The monoisotopic (exact) mass is 323 g/mol. The van der Waals surface area contributed by atoms with Crippen molar-refractivity contribution in [1.29, 1.82) is 0 Å². The molecule has 24 heavy (non-hydrogen) atoms. The molecule has 0 spiro atoms. The van der Waals surface area contributed by atoms with Crippen molar-refractivity contribution in [3.05, 3.63) is 57.4 Å². The normalized spacial score (nSPS) is 10.8. The van der Waals surface area contributed by atoms with E-state index >= 15 is 0 Å². The quantitative estimate of drug-likeness (QED) is 0.531. The fourth-order valence-electron chi connectivity index (χ4n) is 2.64. The molecule has 0 bridgehead atoms. The molecular formula is C19H17NO4. The van der Waals surface area contributed by atoms with E-state index in [-0.39, 0.29) is 11.9 Å². The highest BCUT2D eigenvalue weighted by atomic mass is 16.5. The first-order valence-corrected chi connectivity index (χ1v) is 7.57. The largest absolute Gasteiger partial charge is 0.426 e. The van der Waals surface area contributed by atoms with E-state index in [9.17, 15) is 9.59 Å². The Labute approximate surface area is 138 Å². The molecule has 0 N–H and O–H groups in total. The summed E-state index contributed by atoms with van der Waals surface area (Å²) in [6.07, 6.45) is 0. The third-order valence-corrected chi connectivity index (χ3v) is 3.87. The number of ether oxygens (including phenoxy) is 1. The average Bonchev–Trinajstić information content (AvgIpc) is 2.51. The lowest BCUT2D eigenvalue weighted by Gasteiger charge is -2.11. The zero-order valence-electron chi connectivity index (χ0n) is 14.0. The van der Waals surface area contributed by atoms with E-state index < -0.39 is 5.63 Å². The summed E-state index contributed by atoms with van der Waals surface area (Å²) in [7, 11) is 0. The molecule has 0 radical (unpaired) electrons.